The fourth-order valence-electron chi connectivity index (χ4n) is 2.78. The third-order valence-electron chi connectivity index (χ3n) is 4.41. The molecule has 0 saturated heterocycles. The van der Waals surface area contributed by atoms with E-state index >= 15 is 0 Å². The summed E-state index contributed by atoms with van der Waals surface area (Å²) in [4.78, 5) is 24.7. The molecule has 3 aromatic rings. The molecule has 31 heavy (non-hydrogen) atoms. The molecular formula is C21H23N5O4S. The first kappa shape index (κ1) is 22.3. The highest BCUT2D eigenvalue weighted by molar-refractivity contribution is 7.99. The van der Waals surface area contributed by atoms with Gasteiger partial charge < -0.3 is 25.0 Å². The van der Waals surface area contributed by atoms with Crippen molar-refractivity contribution < 1.29 is 19.4 Å². The average Bonchev–Trinajstić information content (AvgIpc) is 3.16. The van der Waals surface area contributed by atoms with Gasteiger partial charge in [0.1, 0.15) is 11.8 Å². The van der Waals surface area contributed by atoms with Gasteiger partial charge in [0.2, 0.25) is 5.91 Å². The van der Waals surface area contributed by atoms with Gasteiger partial charge in [0.15, 0.2) is 11.0 Å². The number of hydrogen-bond acceptors (Lipinski definition) is 7. The maximum Gasteiger partial charge on any atom is 0.251 e. The molecule has 0 bridgehead atoms. The topological polar surface area (TPSA) is 118 Å². The highest BCUT2D eigenvalue weighted by atomic mass is 32.2. The van der Waals surface area contributed by atoms with Crippen molar-refractivity contribution in [1.82, 2.24) is 20.1 Å². The van der Waals surface area contributed by atoms with Crippen LogP contribution in [0.15, 0.2) is 59.8 Å². The van der Waals surface area contributed by atoms with Crippen molar-refractivity contribution in [3.63, 3.8) is 0 Å². The zero-order valence-corrected chi connectivity index (χ0v) is 17.9. The zero-order valence-electron chi connectivity index (χ0n) is 17.1. The van der Waals surface area contributed by atoms with Gasteiger partial charge in [0.25, 0.3) is 5.91 Å². The SMILES string of the molecule is COc1ccc(C(=O)N[C@@H](CO)c2nnc(SCC(=O)Nc3ccccc3)n2C)cc1. The molecule has 162 valence electrons. The second-order valence-corrected chi connectivity index (χ2v) is 7.48. The maximum absolute atomic E-state index is 12.5. The number of carbonyl (C=O) groups is 2. The number of anilines is 1. The summed E-state index contributed by atoms with van der Waals surface area (Å²) < 4.78 is 6.74. The number of thioether (sulfide) groups is 1. The number of rotatable bonds is 9. The van der Waals surface area contributed by atoms with Crippen LogP contribution in [0.3, 0.4) is 0 Å². The number of carbonyl (C=O) groups excluding carboxylic acids is 2. The van der Waals surface area contributed by atoms with Gasteiger partial charge in [-0.2, -0.15) is 0 Å². The molecule has 3 N–H and O–H groups in total. The number of amides is 2. The van der Waals surface area contributed by atoms with E-state index in [9.17, 15) is 14.7 Å². The van der Waals surface area contributed by atoms with E-state index in [0.717, 1.165) is 0 Å². The minimum Gasteiger partial charge on any atom is -0.497 e. The smallest absolute Gasteiger partial charge is 0.251 e. The quantitative estimate of drug-likeness (QED) is 0.435. The van der Waals surface area contributed by atoms with Gasteiger partial charge in [-0.05, 0) is 36.4 Å². The number of ether oxygens (including phenoxy) is 1. The Morgan fingerprint density at radius 3 is 2.48 bits per heavy atom. The van der Waals surface area contributed by atoms with Crippen molar-refractivity contribution in [2.75, 3.05) is 24.8 Å². The monoisotopic (exact) mass is 441 g/mol. The van der Waals surface area contributed by atoms with Crippen LogP contribution < -0.4 is 15.4 Å². The van der Waals surface area contributed by atoms with Crippen LogP contribution in [0.5, 0.6) is 5.75 Å². The average molecular weight is 442 g/mol. The fourth-order valence-corrected chi connectivity index (χ4v) is 3.50. The second kappa shape index (κ2) is 10.6. The number of aliphatic hydroxyl groups excluding tert-OH is 1. The van der Waals surface area contributed by atoms with Crippen molar-refractivity contribution in [2.24, 2.45) is 7.05 Å². The molecule has 9 nitrogen and oxygen atoms in total. The lowest BCUT2D eigenvalue weighted by Gasteiger charge is -2.16. The van der Waals surface area contributed by atoms with E-state index in [0.29, 0.717) is 28.0 Å². The number of hydrogen-bond donors (Lipinski definition) is 3. The number of aromatic nitrogens is 3. The van der Waals surface area contributed by atoms with Crippen LogP contribution in [0.4, 0.5) is 5.69 Å². The lowest BCUT2D eigenvalue weighted by atomic mass is 10.2. The van der Waals surface area contributed by atoms with E-state index in [2.05, 4.69) is 20.8 Å². The van der Waals surface area contributed by atoms with Gasteiger partial charge in [-0.1, -0.05) is 30.0 Å². The minimum absolute atomic E-state index is 0.142. The van der Waals surface area contributed by atoms with Crippen LogP contribution >= 0.6 is 11.8 Å². The Kier molecular flexibility index (Phi) is 7.63. The molecule has 10 heteroatoms. The summed E-state index contributed by atoms with van der Waals surface area (Å²) in [5, 5.41) is 24.0. The first-order valence-corrected chi connectivity index (χ1v) is 10.4. The van der Waals surface area contributed by atoms with Crippen LogP contribution in [0.25, 0.3) is 0 Å². The Morgan fingerprint density at radius 2 is 1.84 bits per heavy atom. The Bertz CT molecular complexity index is 1020. The number of nitrogens with zero attached hydrogens (tertiary/aromatic N) is 3. The highest BCUT2D eigenvalue weighted by Gasteiger charge is 2.22. The normalized spacial score (nSPS) is 11.6. The molecule has 0 fully saturated rings. The Morgan fingerprint density at radius 1 is 1.13 bits per heavy atom. The van der Waals surface area contributed by atoms with E-state index in [-0.39, 0.29) is 24.2 Å². The van der Waals surface area contributed by atoms with Crippen LogP contribution in [0.2, 0.25) is 0 Å². The van der Waals surface area contributed by atoms with Crippen LogP contribution in [-0.4, -0.2) is 51.2 Å². The molecule has 0 spiro atoms. The number of methoxy groups -OCH3 is 1. The summed E-state index contributed by atoms with van der Waals surface area (Å²) in [6.45, 7) is -0.354. The molecule has 3 rings (SSSR count). The summed E-state index contributed by atoms with van der Waals surface area (Å²) in [7, 11) is 3.26. The third kappa shape index (κ3) is 5.83. The van der Waals surface area contributed by atoms with Gasteiger partial charge >= 0.3 is 0 Å². The molecule has 1 aromatic heterocycles. The van der Waals surface area contributed by atoms with Crippen molar-refractivity contribution >= 4 is 29.3 Å². The number of para-hydroxylation sites is 1. The molecule has 0 aliphatic carbocycles. The first-order chi connectivity index (χ1) is 15.0. The molecule has 2 aromatic carbocycles. The summed E-state index contributed by atoms with van der Waals surface area (Å²) in [5.74, 6) is 0.633. The van der Waals surface area contributed by atoms with Crippen molar-refractivity contribution in [3.8, 4) is 5.75 Å². The summed E-state index contributed by atoms with van der Waals surface area (Å²) in [6, 6.07) is 15.0. The van der Waals surface area contributed by atoms with Gasteiger partial charge in [-0.3, -0.25) is 9.59 Å². The predicted octanol–water partition coefficient (Wildman–Crippen LogP) is 2.02. The van der Waals surface area contributed by atoms with E-state index in [1.165, 1.54) is 11.8 Å². The number of benzene rings is 2. The summed E-state index contributed by atoms with van der Waals surface area (Å²) in [6.07, 6.45) is 0. The van der Waals surface area contributed by atoms with Gasteiger partial charge in [-0.25, -0.2) is 0 Å². The summed E-state index contributed by atoms with van der Waals surface area (Å²) in [5.41, 5.74) is 1.14. The van der Waals surface area contributed by atoms with Crippen LogP contribution in [0, 0.1) is 0 Å². The second-order valence-electron chi connectivity index (χ2n) is 6.54. The number of aliphatic hydroxyl groups is 1. The third-order valence-corrected chi connectivity index (χ3v) is 5.43. The standard InChI is InChI=1S/C21H23N5O4S/c1-26-19(17(12-27)23-20(29)14-8-10-16(30-2)11-9-14)24-25-21(26)31-13-18(28)22-15-6-4-3-5-7-15/h3-11,17,27H,12-13H2,1-2H3,(H,22,28)(H,23,29)/t17-/m0/s1. The molecule has 1 atom stereocenters. The lowest BCUT2D eigenvalue weighted by molar-refractivity contribution is -0.113. The first-order valence-electron chi connectivity index (χ1n) is 9.44. The largest absolute Gasteiger partial charge is 0.497 e. The van der Waals surface area contributed by atoms with E-state index in [1.807, 2.05) is 18.2 Å². The van der Waals surface area contributed by atoms with Gasteiger partial charge in [0, 0.05) is 18.3 Å². The van der Waals surface area contributed by atoms with E-state index in [1.54, 1.807) is 55.1 Å². The van der Waals surface area contributed by atoms with Crippen LogP contribution in [0.1, 0.15) is 22.2 Å². The Balaban J connectivity index is 1.61. The van der Waals surface area contributed by atoms with Gasteiger partial charge in [-0.15, -0.1) is 10.2 Å². The fraction of sp³-hybridized carbons (Fsp3) is 0.238. The predicted molar refractivity (Wildman–Crippen MR) is 117 cm³/mol. The molecule has 1 heterocycles. The van der Waals surface area contributed by atoms with Crippen molar-refractivity contribution in [3.05, 3.63) is 66.0 Å². The minimum atomic E-state index is -0.750. The molecule has 0 aliphatic heterocycles. The molecular weight excluding hydrogens is 418 g/mol. The molecule has 0 unspecified atom stereocenters. The molecule has 0 aliphatic rings. The van der Waals surface area contributed by atoms with E-state index < -0.39 is 6.04 Å². The maximum atomic E-state index is 12.5. The van der Waals surface area contributed by atoms with E-state index in [4.69, 9.17) is 4.74 Å². The Labute approximate surface area is 183 Å². The molecule has 0 saturated carbocycles. The molecule has 0 radical (unpaired) electrons. The molecule has 2 amide bonds. The van der Waals surface area contributed by atoms with Crippen molar-refractivity contribution in [1.29, 1.82) is 0 Å². The zero-order chi connectivity index (χ0) is 22.2. The van der Waals surface area contributed by atoms with Crippen molar-refractivity contribution in [2.45, 2.75) is 11.2 Å². The van der Waals surface area contributed by atoms with Crippen LogP contribution in [-0.2, 0) is 11.8 Å². The number of nitrogens with one attached hydrogen (secondary N) is 2. The summed E-state index contributed by atoms with van der Waals surface area (Å²) >= 11 is 1.21. The Hall–Kier alpha value is -3.37. The van der Waals surface area contributed by atoms with Gasteiger partial charge in [0.05, 0.1) is 19.5 Å². The lowest BCUT2D eigenvalue weighted by Crippen LogP contribution is -2.32. The highest BCUT2D eigenvalue weighted by Crippen LogP contribution is 2.20.